The SMILES string of the molecule is CC(C)(N)Cc1ccccc1.CC1C(c2ccccc2)OCCN1C. The van der Waals surface area contributed by atoms with Gasteiger partial charge in [-0.25, -0.2) is 0 Å². The molecule has 1 aliphatic heterocycles. The summed E-state index contributed by atoms with van der Waals surface area (Å²) in [5.41, 5.74) is 8.36. The molecule has 25 heavy (non-hydrogen) atoms. The summed E-state index contributed by atoms with van der Waals surface area (Å²) >= 11 is 0. The van der Waals surface area contributed by atoms with Gasteiger partial charge in [-0.2, -0.15) is 0 Å². The lowest BCUT2D eigenvalue weighted by molar-refractivity contribution is -0.0571. The van der Waals surface area contributed by atoms with E-state index in [4.69, 9.17) is 10.5 Å². The first kappa shape index (κ1) is 19.6. The van der Waals surface area contributed by atoms with Gasteiger partial charge in [0.25, 0.3) is 0 Å². The lowest BCUT2D eigenvalue weighted by Gasteiger charge is -2.37. The van der Waals surface area contributed by atoms with Crippen molar-refractivity contribution in [3.63, 3.8) is 0 Å². The number of ether oxygens (including phenoxy) is 1. The quantitative estimate of drug-likeness (QED) is 0.916. The van der Waals surface area contributed by atoms with Gasteiger partial charge < -0.3 is 10.5 Å². The molecule has 0 spiro atoms. The molecule has 1 fully saturated rings. The van der Waals surface area contributed by atoms with Gasteiger partial charge in [-0.1, -0.05) is 60.7 Å². The number of hydrogen-bond donors (Lipinski definition) is 1. The Labute approximate surface area is 152 Å². The first-order chi connectivity index (χ1) is 11.9. The summed E-state index contributed by atoms with van der Waals surface area (Å²) in [4.78, 5) is 2.35. The molecular formula is C22H32N2O. The normalized spacial score (nSPS) is 21.3. The van der Waals surface area contributed by atoms with Gasteiger partial charge in [0.1, 0.15) is 0 Å². The van der Waals surface area contributed by atoms with Gasteiger partial charge in [-0.05, 0) is 45.4 Å². The van der Waals surface area contributed by atoms with Crippen LogP contribution < -0.4 is 5.73 Å². The smallest absolute Gasteiger partial charge is 0.0977 e. The zero-order valence-electron chi connectivity index (χ0n) is 16.0. The van der Waals surface area contributed by atoms with Gasteiger partial charge >= 0.3 is 0 Å². The standard InChI is InChI=1S/C12H17NO.C10H15N/c1-10-12(14-9-8-13(10)2)11-6-4-3-5-7-11;1-10(2,11)8-9-6-4-3-5-7-9/h3-7,10,12H,8-9H2,1-2H3;3-7H,8,11H2,1-2H3. The Bertz CT molecular complexity index is 607. The second kappa shape index (κ2) is 9.14. The number of morpholine rings is 1. The maximum Gasteiger partial charge on any atom is 0.0977 e. The van der Waals surface area contributed by atoms with Crippen LogP contribution in [0.4, 0.5) is 0 Å². The van der Waals surface area contributed by atoms with Gasteiger partial charge in [0, 0.05) is 18.1 Å². The number of rotatable bonds is 3. The topological polar surface area (TPSA) is 38.5 Å². The van der Waals surface area contributed by atoms with Crippen molar-refractivity contribution in [1.82, 2.24) is 4.90 Å². The molecule has 3 nitrogen and oxygen atoms in total. The van der Waals surface area contributed by atoms with Crippen molar-refractivity contribution < 1.29 is 4.74 Å². The fraction of sp³-hybridized carbons (Fsp3) is 0.455. The molecular weight excluding hydrogens is 308 g/mol. The van der Waals surface area contributed by atoms with E-state index in [1.54, 1.807) is 0 Å². The molecule has 0 radical (unpaired) electrons. The van der Waals surface area contributed by atoms with Crippen molar-refractivity contribution in [2.45, 2.75) is 44.9 Å². The van der Waals surface area contributed by atoms with E-state index in [1.165, 1.54) is 11.1 Å². The van der Waals surface area contributed by atoms with Crippen molar-refractivity contribution in [3.8, 4) is 0 Å². The van der Waals surface area contributed by atoms with Gasteiger partial charge in [0.15, 0.2) is 0 Å². The second-order valence-electron chi connectivity index (χ2n) is 7.57. The van der Waals surface area contributed by atoms with Crippen LogP contribution in [0.5, 0.6) is 0 Å². The molecule has 3 rings (SSSR count). The molecule has 3 heteroatoms. The van der Waals surface area contributed by atoms with Crippen molar-refractivity contribution in [2.24, 2.45) is 5.73 Å². The molecule has 2 N–H and O–H groups in total. The van der Waals surface area contributed by atoms with Gasteiger partial charge in [-0.15, -0.1) is 0 Å². The van der Waals surface area contributed by atoms with E-state index in [0.717, 1.165) is 19.6 Å². The number of likely N-dealkylation sites (N-methyl/N-ethyl adjacent to an activating group) is 1. The van der Waals surface area contributed by atoms with Crippen LogP contribution in [0.25, 0.3) is 0 Å². The summed E-state index contributed by atoms with van der Waals surface area (Å²) in [7, 11) is 2.16. The van der Waals surface area contributed by atoms with Crippen molar-refractivity contribution >= 4 is 0 Å². The van der Waals surface area contributed by atoms with Gasteiger partial charge in [-0.3, -0.25) is 4.90 Å². The minimum absolute atomic E-state index is 0.0959. The van der Waals surface area contributed by atoms with Crippen LogP contribution in [0.2, 0.25) is 0 Å². The van der Waals surface area contributed by atoms with Gasteiger partial charge in [0.2, 0.25) is 0 Å². The van der Waals surface area contributed by atoms with Crippen LogP contribution in [-0.4, -0.2) is 36.7 Å². The van der Waals surface area contributed by atoms with E-state index in [9.17, 15) is 0 Å². The lowest BCUT2D eigenvalue weighted by Crippen LogP contribution is -2.42. The molecule has 0 aromatic heterocycles. The number of hydrogen-bond acceptors (Lipinski definition) is 3. The lowest BCUT2D eigenvalue weighted by atomic mass is 9.96. The predicted octanol–water partition coefficient (Wildman–Crippen LogP) is 4.04. The number of benzene rings is 2. The highest BCUT2D eigenvalue weighted by molar-refractivity contribution is 5.19. The van der Waals surface area contributed by atoms with Crippen LogP contribution in [0.3, 0.4) is 0 Å². The Morgan fingerprint density at radius 3 is 2.16 bits per heavy atom. The Kier molecular flexibility index (Phi) is 7.18. The summed E-state index contributed by atoms with van der Waals surface area (Å²) in [5.74, 6) is 0. The number of nitrogens with two attached hydrogens (primary N) is 1. The van der Waals surface area contributed by atoms with Crippen molar-refractivity contribution in [2.75, 3.05) is 20.2 Å². The molecule has 0 amide bonds. The zero-order valence-corrected chi connectivity index (χ0v) is 16.0. The van der Waals surface area contributed by atoms with Crippen LogP contribution in [0.1, 0.15) is 38.0 Å². The highest BCUT2D eigenvalue weighted by Crippen LogP contribution is 2.26. The van der Waals surface area contributed by atoms with E-state index in [2.05, 4.69) is 55.3 Å². The Hall–Kier alpha value is -1.68. The maximum atomic E-state index is 5.87. The minimum Gasteiger partial charge on any atom is -0.371 e. The minimum atomic E-state index is -0.0959. The monoisotopic (exact) mass is 340 g/mol. The van der Waals surface area contributed by atoms with Crippen molar-refractivity contribution in [1.29, 1.82) is 0 Å². The molecule has 2 aromatic carbocycles. The van der Waals surface area contributed by atoms with E-state index >= 15 is 0 Å². The van der Waals surface area contributed by atoms with E-state index in [0.29, 0.717) is 6.04 Å². The second-order valence-corrected chi connectivity index (χ2v) is 7.57. The Balaban J connectivity index is 0.000000186. The molecule has 0 aliphatic carbocycles. The average Bonchev–Trinajstić information content (AvgIpc) is 2.58. The molecule has 1 heterocycles. The molecule has 2 unspecified atom stereocenters. The average molecular weight is 341 g/mol. The summed E-state index contributed by atoms with van der Waals surface area (Å²) in [6, 6.07) is 21.2. The Morgan fingerprint density at radius 2 is 1.60 bits per heavy atom. The van der Waals surface area contributed by atoms with Crippen molar-refractivity contribution in [3.05, 3.63) is 71.8 Å². The highest BCUT2D eigenvalue weighted by atomic mass is 16.5. The highest BCUT2D eigenvalue weighted by Gasteiger charge is 2.27. The third-order valence-corrected chi connectivity index (χ3v) is 4.51. The molecule has 1 aliphatic rings. The third-order valence-electron chi connectivity index (χ3n) is 4.51. The fourth-order valence-corrected chi connectivity index (χ4v) is 3.04. The molecule has 0 saturated carbocycles. The summed E-state index contributed by atoms with van der Waals surface area (Å²) < 4.78 is 5.80. The van der Waals surface area contributed by atoms with E-state index in [1.807, 2.05) is 38.1 Å². The van der Waals surface area contributed by atoms with Crippen LogP contribution in [-0.2, 0) is 11.2 Å². The zero-order chi connectivity index (χ0) is 18.3. The van der Waals surface area contributed by atoms with Crippen LogP contribution >= 0.6 is 0 Å². The first-order valence-electron chi connectivity index (χ1n) is 9.06. The summed E-state index contributed by atoms with van der Waals surface area (Å²) in [6.07, 6.45) is 1.17. The summed E-state index contributed by atoms with van der Waals surface area (Å²) in [6.45, 7) is 8.17. The molecule has 1 saturated heterocycles. The van der Waals surface area contributed by atoms with E-state index in [-0.39, 0.29) is 11.6 Å². The Morgan fingerprint density at radius 1 is 1.04 bits per heavy atom. The molecule has 2 atom stereocenters. The van der Waals surface area contributed by atoms with Gasteiger partial charge in [0.05, 0.1) is 12.7 Å². The number of nitrogens with zero attached hydrogens (tertiary/aromatic N) is 1. The molecule has 2 aromatic rings. The summed E-state index contributed by atoms with van der Waals surface area (Å²) in [5, 5.41) is 0. The first-order valence-corrected chi connectivity index (χ1v) is 9.06. The van der Waals surface area contributed by atoms with E-state index < -0.39 is 0 Å². The van der Waals surface area contributed by atoms with Crippen LogP contribution in [0.15, 0.2) is 60.7 Å². The van der Waals surface area contributed by atoms with Crippen LogP contribution in [0, 0.1) is 0 Å². The third kappa shape index (κ3) is 6.62. The fourth-order valence-electron chi connectivity index (χ4n) is 3.04. The molecule has 0 bridgehead atoms. The molecule has 136 valence electrons. The maximum absolute atomic E-state index is 5.87. The largest absolute Gasteiger partial charge is 0.371 e. The predicted molar refractivity (Wildman–Crippen MR) is 106 cm³/mol.